The van der Waals surface area contributed by atoms with Crippen molar-refractivity contribution in [1.29, 1.82) is 0 Å². The molecule has 1 fully saturated rings. The number of anilines is 3. The molecule has 2 amide bonds. The summed E-state index contributed by atoms with van der Waals surface area (Å²) in [4.78, 5) is 25.5. The number of amides is 2. The van der Waals surface area contributed by atoms with Crippen molar-refractivity contribution in [2.45, 2.75) is 10.3 Å². The quantitative estimate of drug-likeness (QED) is 0.145. The number of nitrogens with two attached hydrogens (primary N) is 1. The van der Waals surface area contributed by atoms with Gasteiger partial charge in [-0.05, 0) is 48.0 Å². The molecule has 3 aromatic rings. The van der Waals surface area contributed by atoms with Gasteiger partial charge in [-0.2, -0.15) is 0 Å². The molecule has 4 rings (SSSR count). The molecule has 0 bridgehead atoms. The molecule has 4 N–H and O–H groups in total. The first-order chi connectivity index (χ1) is 16.8. The maximum absolute atomic E-state index is 14.1. The van der Waals surface area contributed by atoms with E-state index in [1.54, 1.807) is 0 Å². The lowest BCUT2D eigenvalue weighted by Crippen LogP contribution is -2.18. The Morgan fingerprint density at radius 2 is 1.50 bits per heavy atom. The maximum Gasteiger partial charge on any atom is 0.257 e. The van der Waals surface area contributed by atoms with Gasteiger partial charge in [0.15, 0.2) is 23.3 Å². The molecule has 1 aliphatic carbocycles. The minimum Gasteiger partial charge on any atom is -0.394 e. The second-order valence-corrected chi connectivity index (χ2v) is 9.74. The van der Waals surface area contributed by atoms with Crippen molar-refractivity contribution in [2.24, 2.45) is 5.92 Å². The van der Waals surface area contributed by atoms with E-state index in [0.29, 0.717) is 12.1 Å². The molecule has 1 aliphatic rings. The maximum atomic E-state index is 14.1. The lowest BCUT2D eigenvalue weighted by Gasteiger charge is -2.11. The first-order valence-corrected chi connectivity index (χ1v) is 11.1. The summed E-state index contributed by atoms with van der Waals surface area (Å²) in [6.45, 7) is 0. The van der Waals surface area contributed by atoms with Crippen molar-refractivity contribution in [3.8, 4) is 0 Å². The third kappa shape index (κ3) is 4.68. The predicted octanol–water partition coefficient (Wildman–Crippen LogP) is 6.40. The van der Waals surface area contributed by atoms with Gasteiger partial charge in [0.1, 0.15) is 15.8 Å². The molecule has 0 spiro atoms. The largest absolute Gasteiger partial charge is 0.394 e. The first-order valence-electron chi connectivity index (χ1n) is 10.0. The first kappa shape index (κ1) is 26.0. The third-order valence-electron chi connectivity index (χ3n) is 5.55. The molecule has 0 aliphatic heterocycles. The van der Waals surface area contributed by atoms with Crippen LogP contribution in [0.25, 0.3) is 0 Å². The summed E-state index contributed by atoms with van der Waals surface area (Å²) in [5.74, 6) is -10.7. The normalized spacial score (nSPS) is 18.0. The van der Waals surface area contributed by atoms with Gasteiger partial charge in [-0.1, -0.05) is 11.6 Å². The van der Waals surface area contributed by atoms with Crippen LogP contribution >= 0.6 is 34.8 Å². The fourth-order valence-electron chi connectivity index (χ4n) is 3.67. The molecule has 36 heavy (non-hydrogen) atoms. The van der Waals surface area contributed by atoms with E-state index in [1.165, 1.54) is 18.2 Å². The van der Waals surface area contributed by atoms with E-state index in [2.05, 4.69) is 10.6 Å². The highest BCUT2D eigenvalue weighted by Crippen LogP contribution is 2.65. The molecule has 0 heterocycles. The third-order valence-corrected chi connectivity index (χ3v) is 6.82. The summed E-state index contributed by atoms with van der Waals surface area (Å²) in [5, 5.41) is 4.61. The minimum atomic E-state index is -1.74. The number of hydrogen-bond donors (Lipinski definition) is 3. The van der Waals surface area contributed by atoms with E-state index in [1.807, 2.05) is 0 Å². The number of benzene rings is 3. The molecule has 0 saturated heterocycles. The van der Waals surface area contributed by atoms with Gasteiger partial charge >= 0.3 is 0 Å². The van der Waals surface area contributed by atoms with Gasteiger partial charge in [0.25, 0.3) is 5.91 Å². The van der Waals surface area contributed by atoms with Crippen LogP contribution in [0.15, 0.2) is 42.5 Å². The van der Waals surface area contributed by atoms with Crippen molar-refractivity contribution in [2.75, 3.05) is 16.4 Å². The van der Waals surface area contributed by atoms with E-state index in [9.17, 15) is 31.5 Å². The van der Waals surface area contributed by atoms with E-state index in [-0.39, 0.29) is 21.8 Å². The van der Waals surface area contributed by atoms with Gasteiger partial charge in [-0.3, -0.25) is 9.59 Å². The van der Waals surface area contributed by atoms with E-state index in [4.69, 9.17) is 40.5 Å². The van der Waals surface area contributed by atoms with Crippen molar-refractivity contribution in [3.63, 3.8) is 0 Å². The van der Waals surface area contributed by atoms with Gasteiger partial charge in [0.05, 0.1) is 22.2 Å². The van der Waals surface area contributed by atoms with Crippen LogP contribution in [0.2, 0.25) is 5.02 Å². The Kier molecular flexibility index (Phi) is 6.80. The molecule has 0 aromatic heterocycles. The van der Waals surface area contributed by atoms with Gasteiger partial charge < -0.3 is 16.4 Å². The fourth-order valence-corrected chi connectivity index (χ4v) is 4.71. The summed E-state index contributed by atoms with van der Waals surface area (Å²) in [6, 6.07) is 7.00. The summed E-state index contributed by atoms with van der Waals surface area (Å²) >= 11 is 18.4. The number of carbonyl (C=O) groups excluding carboxylic acids is 2. The Morgan fingerprint density at radius 1 is 0.861 bits per heavy atom. The zero-order valence-corrected chi connectivity index (χ0v) is 19.9. The molecular weight excluding hydrogens is 552 g/mol. The second kappa shape index (κ2) is 9.42. The molecule has 3 aromatic carbocycles. The Balaban J connectivity index is 1.53. The number of carbonyl (C=O) groups is 2. The van der Waals surface area contributed by atoms with Gasteiger partial charge in [0, 0.05) is 11.6 Å². The lowest BCUT2D eigenvalue weighted by molar-refractivity contribution is -0.117. The molecule has 5 nitrogen and oxygen atoms in total. The van der Waals surface area contributed by atoms with Gasteiger partial charge in [-0.25, -0.2) is 22.0 Å². The van der Waals surface area contributed by atoms with Crippen LogP contribution in [0.3, 0.4) is 0 Å². The van der Waals surface area contributed by atoms with Crippen LogP contribution < -0.4 is 16.4 Å². The molecule has 2 atom stereocenters. The Labute approximate surface area is 215 Å². The van der Waals surface area contributed by atoms with Crippen LogP contribution in [0.1, 0.15) is 21.8 Å². The molecular formula is C23H13Cl3F5N3O2. The number of halogens is 8. The Bertz CT molecular complexity index is 1400. The average Bonchev–Trinajstić information content (AvgIpc) is 3.40. The smallest absolute Gasteiger partial charge is 0.257 e. The van der Waals surface area contributed by atoms with Gasteiger partial charge in [0.2, 0.25) is 5.91 Å². The number of alkyl halides is 2. The van der Waals surface area contributed by atoms with Crippen LogP contribution in [-0.2, 0) is 4.79 Å². The number of nitrogen functional groups attached to an aromatic ring is 1. The zero-order valence-electron chi connectivity index (χ0n) is 17.6. The monoisotopic (exact) mass is 563 g/mol. The highest BCUT2D eigenvalue weighted by Gasteiger charge is 2.67. The molecule has 0 unspecified atom stereocenters. The van der Waals surface area contributed by atoms with Crippen molar-refractivity contribution >= 4 is 63.7 Å². The summed E-state index contributed by atoms with van der Waals surface area (Å²) < 4.78 is 66.3. The molecule has 188 valence electrons. The Morgan fingerprint density at radius 3 is 2.14 bits per heavy atom. The van der Waals surface area contributed by atoms with E-state index >= 15 is 0 Å². The predicted molar refractivity (Wildman–Crippen MR) is 126 cm³/mol. The average molecular weight is 565 g/mol. The fraction of sp³-hybridized carbons (Fsp3) is 0.130. The molecule has 0 radical (unpaired) electrons. The molecule has 13 heteroatoms. The van der Waals surface area contributed by atoms with Crippen LogP contribution in [-0.4, -0.2) is 16.1 Å². The SMILES string of the molecule is Nc1c(F)ccc(NC(=O)c2cc(NC(=O)[C@@H]3[C@H](c4cc(F)c(F)c(F)c4)C3(Cl)Cl)ccc2Cl)c1F. The lowest BCUT2D eigenvalue weighted by atomic mass is 10.1. The van der Waals surface area contributed by atoms with Crippen LogP contribution in [0.4, 0.5) is 39.0 Å². The van der Waals surface area contributed by atoms with Gasteiger partial charge in [-0.15, -0.1) is 23.2 Å². The standard InChI is InChI=1S/C23H13Cl3F5N3O2/c24-11-2-1-9(7-10(11)21(35)34-15-4-3-12(27)20(32)19(15)31)33-22(36)17-16(23(17,25)26)8-5-13(28)18(30)14(29)6-8/h1-7,16-17H,32H2,(H,33,36)(H,34,35)/t16-,17-/m0/s1. The number of rotatable bonds is 5. The topological polar surface area (TPSA) is 84.2 Å². The van der Waals surface area contributed by atoms with Crippen LogP contribution in [0.5, 0.6) is 0 Å². The van der Waals surface area contributed by atoms with Crippen LogP contribution in [0, 0.1) is 35.0 Å². The highest BCUT2D eigenvalue weighted by molar-refractivity contribution is 6.53. The van der Waals surface area contributed by atoms with E-state index in [0.717, 1.165) is 12.1 Å². The van der Waals surface area contributed by atoms with E-state index < -0.39 is 68.4 Å². The van der Waals surface area contributed by atoms with Crippen molar-refractivity contribution in [3.05, 3.63) is 87.7 Å². The Hall–Kier alpha value is -3.08. The summed E-state index contributed by atoms with van der Waals surface area (Å²) in [6.07, 6.45) is 0. The van der Waals surface area contributed by atoms with Crippen molar-refractivity contribution in [1.82, 2.24) is 0 Å². The number of nitrogens with one attached hydrogen (secondary N) is 2. The molecule has 1 saturated carbocycles. The zero-order chi connectivity index (χ0) is 26.5. The second-order valence-electron chi connectivity index (χ2n) is 7.89. The highest BCUT2D eigenvalue weighted by atomic mass is 35.5. The summed E-state index contributed by atoms with van der Waals surface area (Å²) in [5.41, 5.74) is 3.84. The number of hydrogen-bond acceptors (Lipinski definition) is 3. The minimum absolute atomic E-state index is 0.0555. The summed E-state index contributed by atoms with van der Waals surface area (Å²) in [7, 11) is 0. The van der Waals surface area contributed by atoms with Crippen molar-refractivity contribution < 1.29 is 31.5 Å².